The van der Waals surface area contributed by atoms with Crippen LogP contribution in [0.1, 0.15) is 36.9 Å². The molecule has 2 heterocycles. The summed E-state index contributed by atoms with van der Waals surface area (Å²) in [6.45, 7) is 10.6. The minimum atomic E-state index is -0.439. The predicted molar refractivity (Wildman–Crippen MR) is 123 cm³/mol. The third kappa shape index (κ3) is 4.14. The van der Waals surface area contributed by atoms with Crippen molar-refractivity contribution in [3.8, 4) is 17.1 Å². The lowest BCUT2D eigenvalue weighted by atomic mass is 9.94. The van der Waals surface area contributed by atoms with E-state index in [2.05, 4.69) is 22.0 Å². The maximum Gasteiger partial charge on any atom is 0.322 e. The van der Waals surface area contributed by atoms with E-state index in [0.29, 0.717) is 24.9 Å². The summed E-state index contributed by atoms with van der Waals surface area (Å²) in [4.78, 5) is 19.1. The summed E-state index contributed by atoms with van der Waals surface area (Å²) >= 11 is 0. The molecule has 1 unspecified atom stereocenters. The van der Waals surface area contributed by atoms with Crippen LogP contribution < -0.4 is 10.1 Å². The quantitative estimate of drug-likeness (QED) is 0.526. The molecule has 0 saturated heterocycles. The number of allylic oxidation sites excluding steroid dienone is 1. The molecule has 1 N–H and O–H groups in total. The lowest BCUT2D eigenvalue weighted by Gasteiger charge is -2.34. The Morgan fingerprint density at radius 2 is 1.88 bits per heavy atom. The number of ether oxygens (including phenoxy) is 1. The smallest absolute Gasteiger partial charge is 0.322 e. The Bertz CT molecular complexity index is 1150. The van der Waals surface area contributed by atoms with Crippen molar-refractivity contribution in [3.63, 3.8) is 0 Å². The molecule has 7 nitrogen and oxygen atoms in total. The van der Waals surface area contributed by atoms with Gasteiger partial charge in [0.2, 0.25) is 5.82 Å². The molecule has 1 aliphatic heterocycles. The van der Waals surface area contributed by atoms with Crippen LogP contribution in [0.2, 0.25) is 0 Å². The fourth-order valence-corrected chi connectivity index (χ4v) is 3.73. The first-order chi connectivity index (χ1) is 15.5. The number of carbonyl (C=O) groups excluding carboxylic acids is 1. The third-order valence-electron chi connectivity index (χ3n) is 5.40. The molecule has 0 bridgehead atoms. The highest BCUT2D eigenvalue weighted by atomic mass is 16.5. The summed E-state index contributed by atoms with van der Waals surface area (Å²) in [5.74, 6) is 1.64. The highest BCUT2D eigenvalue weighted by Crippen LogP contribution is 2.37. The minimum Gasteiger partial charge on any atom is -0.494 e. The molecule has 32 heavy (non-hydrogen) atoms. The molecule has 2 aromatic carbocycles. The van der Waals surface area contributed by atoms with Gasteiger partial charge in [0, 0.05) is 17.8 Å². The van der Waals surface area contributed by atoms with Gasteiger partial charge in [-0.05, 0) is 38.5 Å². The number of nitrogens with one attached hydrogen (secondary N) is 1. The van der Waals surface area contributed by atoms with Gasteiger partial charge in [-0.3, -0.25) is 4.90 Å². The molecule has 164 valence electrons. The number of aromatic nitrogens is 2. The molecule has 4 rings (SSSR count). The fraction of sp³-hybridized carbons (Fsp3) is 0.240. The first kappa shape index (κ1) is 21.4. The summed E-state index contributed by atoms with van der Waals surface area (Å²) < 4.78 is 11.2. The average Bonchev–Trinajstić information content (AvgIpc) is 3.27. The average molecular weight is 431 g/mol. The number of hydrogen-bond donors (Lipinski definition) is 1. The van der Waals surface area contributed by atoms with Crippen molar-refractivity contribution < 1.29 is 14.1 Å². The fourth-order valence-electron chi connectivity index (χ4n) is 3.73. The second-order valence-corrected chi connectivity index (χ2v) is 7.57. The monoisotopic (exact) mass is 430 g/mol. The highest BCUT2D eigenvalue weighted by molar-refractivity contribution is 5.87. The number of amides is 2. The standard InChI is InChI=1S/C25H26N4O3/c1-5-15-29-17(4)21(24-27-23(28-32-24)19-9-7-16(3)8-10-19)22(26-25(29)30)18-11-13-20(14-12-18)31-6-2/h5,7-14,22H,1,6,15H2,2-4H3,(H,26,30). The van der Waals surface area contributed by atoms with Gasteiger partial charge in [0.05, 0.1) is 18.2 Å². The molecule has 1 aromatic heterocycles. The van der Waals surface area contributed by atoms with E-state index in [9.17, 15) is 4.79 Å². The van der Waals surface area contributed by atoms with Crippen LogP contribution in [0.4, 0.5) is 4.79 Å². The lowest BCUT2D eigenvalue weighted by Crippen LogP contribution is -2.46. The number of aryl methyl sites for hydroxylation is 1. The minimum absolute atomic E-state index is 0.205. The first-order valence-electron chi connectivity index (χ1n) is 10.6. The second-order valence-electron chi connectivity index (χ2n) is 7.57. The molecule has 2 amide bonds. The van der Waals surface area contributed by atoms with Gasteiger partial charge in [0.1, 0.15) is 5.75 Å². The van der Waals surface area contributed by atoms with E-state index in [-0.39, 0.29) is 6.03 Å². The van der Waals surface area contributed by atoms with Crippen molar-refractivity contribution in [1.29, 1.82) is 0 Å². The molecule has 1 aliphatic rings. The first-order valence-corrected chi connectivity index (χ1v) is 10.6. The van der Waals surface area contributed by atoms with Gasteiger partial charge in [-0.1, -0.05) is 53.2 Å². The van der Waals surface area contributed by atoms with Crippen LogP contribution in [0.25, 0.3) is 17.0 Å². The zero-order valence-electron chi connectivity index (χ0n) is 18.5. The maximum absolute atomic E-state index is 12.8. The Balaban J connectivity index is 1.77. The molecular weight excluding hydrogens is 404 g/mol. The number of carbonyl (C=O) groups is 1. The summed E-state index contributed by atoms with van der Waals surface area (Å²) in [6.07, 6.45) is 1.68. The normalized spacial score (nSPS) is 16.2. The summed E-state index contributed by atoms with van der Waals surface area (Å²) in [6, 6.07) is 14.9. The van der Waals surface area contributed by atoms with E-state index in [4.69, 9.17) is 9.26 Å². The van der Waals surface area contributed by atoms with Gasteiger partial charge >= 0.3 is 6.03 Å². The SMILES string of the molecule is C=CCN1C(=O)NC(c2ccc(OCC)cc2)C(c2nc(-c3ccc(C)cc3)no2)=C1C. The topological polar surface area (TPSA) is 80.5 Å². The van der Waals surface area contributed by atoms with E-state index in [0.717, 1.165) is 33.7 Å². The molecule has 1 atom stereocenters. The van der Waals surface area contributed by atoms with Gasteiger partial charge < -0.3 is 14.6 Å². The van der Waals surface area contributed by atoms with E-state index in [1.807, 2.05) is 69.3 Å². The summed E-state index contributed by atoms with van der Waals surface area (Å²) in [5, 5.41) is 7.26. The van der Waals surface area contributed by atoms with Gasteiger partial charge in [0.15, 0.2) is 0 Å². The van der Waals surface area contributed by atoms with E-state index in [1.165, 1.54) is 0 Å². The molecule has 0 aliphatic carbocycles. The predicted octanol–water partition coefficient (Wildman–Crippen LogP) is 5.13. The van der Waals surface area contributed by atoms with Gasteiger partial charge in [-0.2, -0.15) is 4.98 Å². The van der Waals surface area contributed by atoms with Crippen molar-refractivity contribution in [2.75, 3.05) is 13.2 Å². The second kappa shape index (κ2) is 9.09. The Labute approximate surface area is 187 Å². The maximum atomic E-state index is 12.8. The van der Waals surface area contributed by atoms with Gasteiger partial charge in [0.25, 0.3) is 5.89 Å². The Morgan fingerprint density at radius 3 is 2.53 bits per heavy atom. The van der Waals surface area contributed by atoms with Crippen molar-refractivity contribution in [1.82, 2.24) is 20.4 Å². The van der Waals surface area contributed by atoms with Crippen LogP contribution in [0.5, 0.6) is 5.75 Å². The number of nitrogens with zero attached hydrogens (tertiary/aromatic N) is 3. The molecule has 0 spiro atoms. The van der Waals surface area contributed by atoms with Gasteiger partial charge in [-0.15, -0.1) is 6.58 Å². The Hall–Kier alpha value is -3.87. The van der Waals surface area contributed by atoms with Crippen molar-refractivity contribution in [2.24, 2.45) is 0 Å². The van der Waals surface area contributed by atoms with Crippen LogP contribution in [-0.4, -0.2) is 34.2 Å². The van der Waals surface area contributed by atoms with Crippen LogP contribution >= 0.6 is 0 Å². The molecule has 7 heteroatoms. The van der Waals surface area contributed by atoms with Crippen molar-refractivity contribution in [2.45, 2.75) is 26.8 Å². The zero-order chi connectivity index (χ0) is 22.7. The van der Waals surface area contributed by atoms with Gasteiger partial charge in [-0.25, -0.2) is 4.79 Å². The van der Waals surface area contributed by atoms with Crippen LogP contribution in [-0.2, 0) is 0 Å². The Kier molecular flexibility index (Phi) is 6.07. The van der Waals surface area contributed by atoms with Crippen LogP contribution in [0.3, 0.4) is 0 Å². The summed E-state index contributed by atoms with van der Waals surface area (Å²) in [5.41, 5.74) is 4.41. The highest BCUT2D eigenvalue weighted by Gasteiger charge is 2.35. The number of rotatable bonds is 7. The van der Waals surface area contributed by atoms with E-state index >= 15 is 0 Å². The molecule has 3 aromatic rings. The summed E-state index contributed by atoms with van der Waals surface area (Å²) in [7, 11) is 0. The van der Waals surface area contributed by atoms with Crippen molar-refractivity contribution >= 4 is 11.6 Å². The zero-order valence-corrected chi connectivity index (χ0v) is 18.5. The van der Waals surface area contributed by atoms with Crippen LogP contribution in [0, 0.1) is 6.92 Å². The largest absolute Gasteiger partial charge is 0.494 e. The number of benzene rings is 2. The molecule has 0 radical (unpaired) electrons. The lowest BCUT2D eigenvalue weighted by molar-refractivity contribution is 0.209. The van der Waals surface area contributed by atoms with Crippen molar-refractivity contribution in [3.05, 3.63) is 83.9 Å². The number of hydrogen-bond acceptors (Lipinski definition) is 5. The number of urea groups is 1. The molecule has 0 fully saturated rings. The van der Waals surface area contributed by atoms with Crippen LogP contribution in [0.15, 0.2) is 71.4 Å². The van der Waals surface area contributed by atoms with E-state index in [1.54, 1.807) is 11.0 Å². The third-order valence-corrected chi connectivity index (χ3v) is 5.40. The Morgan fingerprint density at radius 1 is 1.16 bits per heavy atom. The molecular formula is C25H26N4O3. The molecule has 0 saturated carbocycles. The van der Waals surface area contributed by atoms with E-state index < -0.39 is 6.04 Å².